The van der Waals surface area contributed by atoms with Crippen LogP contribution in [0, 0.1) is 11.8 Å². The molecule has 0 aromatic carbocycles. The maximum absolute atomic E-state index is 12.1. The minimum Gasteiger partial charge on any atom is -0.481 e. The van der Waals surface area contributed by atoms with Crippen molar-refractivity contribution in [1.82, 2.24) is 0 Å². The van der Waals surface area contributed by atoms with Crippen LogP contribution in [0.3, 0.4) is 0 Å². The first kappa shape index (κ1) is 23.1. The maximum Gasteiger partial charge on any atom is 0.303 e. The third-order valence-electron chi connectivity index (χ3n) is 4.59. The van der Waals surface area contributed by atoms with E-state index >= 15 is 0 Å². The first-order chi connectivity index (χ1) is 13.0. The molecule has 0 saturated heterocycles. The molecule has 0 amide bonds. The van der Waals surface area contributed by atoms with E-state index in [4.69, 9.17) is 5.11 Å². The lowest BCUT2D eigenvalue weighted by Crippen LogP contribution is -2.18. The number of aliphatic hydroxyl groups is 2. The van der Waals surface area contributed by atoms with Crippen molar-refractivity contribution in [3.05, 3.63) is 48.6 Å². The molecule has 150 valence electrons. The molecule has 0 heterocycles. The zero-order valence-corrected chi connectivity index (χ0v) is 16.0. The highest BCUT2D eigenvalue weighted by atomic mass is 16.4. The number of rotatable bonds is 12. The summed E-state index contributed by atoms with van der Waals surface area (Å²) in [7, 11) is 0. The fourth-order valence-electron chi connectivity index (χ4n) is 3.10. The lowest BCUT2D eigenvalue weighted by molar-refractivity contribution is -0.136. The van der Waals surface area contributed by atoms with E-state index in [0.717, 1.165) is 6.42 Å². The highest BCUT2D eigenvalue weighted by Gasteiger charge is 2.39. The van der Waals surface area contributed by atoms with E-state index in [9.17, 15) is 19.8 Å². The molecule has 1 aliphatic carbocycles. The standard InChI is InChI=1S/C22H32O5/c1-2-3-8-11-17(23)14-15-19-18(20(24)16-21(19)25)12-9-6-4-5-7-10-13-22(26)27/h3,5-9,14-15,17-19,21,23,25H,2,4,10-13,16H2,1H3,(H,26,27)/b7-5-,8-3-,9-6-,15-14+/t17-,18+,19+,21+/m1/s1. The van der Waals surface area contributed by atoms with E-state index in [-0.39, 0.29) is 30.5 Å². The Labute approximate surface area is 161 Å². The Morgan fingerprint density at radius 3 is 2.63 bits per heavy atom. The molecule has 5 heteroatoms. The summed E-state index contributed by atoms with van der Waals surface area (Å²) in [6.07, 6.45) is 17.2. The topological polar surface area (TPSA) is 94.8 Å². The van der Waals surface area contributed by atoms with Crippen LogP contribution in [0.25, 0.3) is 0 Å². The van der Waals surface area contributed by atoms with Crippen LogP contribution in [-0.4, -0.2) is 39.3 Å². The van der Waals surface area contributed by atoms with Crippen molar-refractivity contribution in [1.29, 1.82) is 0 Å². The predicted molar refractivity (Wildman–Crippen MR) is 106 cm³/mol. The maximum atomic E-state index is 12.1. The van der Waals surface area contributed by atoms with Crippen molar-refractivity contribution in [3.63, 3.8) is 0 Å². The molecule has 1 fully saturated rings. The molecular formula is C22H32O5. The van der Waals surface area contributed by atoms with Gasteiger partial charge in [-0.15, -0.1) is 0 Å². The Hall–Kier alpha value is -1.98. The van der Waals surface area contributed by atoms with Crippen molar-refractivity contribution in [2.75, 3.05) is 0 Å². The van der Waals surface area contributed by atoms with Gasteiger partial charge in [0.15, 0.2) is 0 Å². The van der Waals surface area contributed by atoms with E-state index in [0.29, 0.717) is 25.7 Å². The van der Waals surface area contributed by atoms with Gasteiger partial charge >= 0.3 is 5.97 Å². The smallest absolute Gasteiger partial charge is 0.303 e. The van der Waals surface area contributed by atoms with Crippen LogP contribution in [0.5, 0.6) is 0 Å². The molecule has 3 N–H and O–H groups in total. The molecule has 0 bridgehead atoms. The molecule has 0 aromatic heterocycles. The van der Waals surface area contributed by atoms with Gasteiger partial charge < -0.3 is 15.3 Å². The third-order valence-corrected chi connectivity index (χ3v) is 4.59. The van der Waals surface area contributed by atoms with Gasteiger partial charge in [0.25, 0.3) is 0 Å². The Bertz CT molecular complexity index is 573. The van der Waals surface area contributed by atoms with Gasteiger partial charge in [0, 0.05) is 24.7 Å². The van der Waals surface area contributed by atoms with E-state index in [1.807, 2.05) is 43.4 Å². The van der Waals surface area contributed by atoms with Gasteiger partial charge in [0.1, 0.15) is 5.78 Å². The summed E-state index contributed by atoms with van der Waals surface area (Å²) in [6, 6.07) is 0. The molecule has 0 spiro atoms. The summed E-state index contributed by atoms with van der Waals surface area (Å²) in [5.41, 5.74) is 0. The summed E-state index contributed by atoms with van der Waals surface area (Å²) in [4.78, 5) is 22.6. The summed E-state index contributed by atoms with van der Waals surface area (Å²) in [5, 5.41) is 28.7. The largest absolute Gasteiger partial charge is 0.481 e. The zero-order valence-electron chi connectivity index (χ0n) is 16.0. The molecule has 5 nitrogen and oxygen atoms in total. The number of carboxylic acids is 1. The second kappa shape index (κ2) is 13.2. The lowest BCUT2D eigenvalue weighted by Gasteiger charge is -2.16. The monoisotopic (exact) mass is 376 g/mol. The number of carbonyl (C=O) groups excluding carboxylic acids is 1. The molecule has 0 unspecified atom stereocenters. The Morgan fingerprint density at radius 1 is 1.19 bits per heavy atom. The average Bonchev–Trinajstić information content (AvgIpc) is 2.88. The summed E-state index contributed by atoms with van der Waals surface area (Å²) in [6.45, 7) is 2.03. The predicted octanol–water partition coefficient (Wildman–Crippen LogP) is 3.58. The fourth-order valence-corrected chi connectivity index (χ4v) is 3.10. The number of aliphatic hydroxyl groups excluding tert-OH is 2. The Morgan fingerprint density at radius 2 is 1.93 bits per heavy atom. The van der Waals surface area contributed by atoms with Crippen molar-refractivity contribution in [2.24, 2.45) is 11.8 Å². The van der Waals surface area contributed by atoms with Gasteiger partial charge in [-0.2, -0.15) is 0 Å². The van der Waals surface area contributed by atoms with Crippen LogP contribution in [0.1, 0.15) is 51.9 Å². The van der Waals surface area contributed by atoms with Crippen molar-refractivity contribution in [2.45, 2.75) is 64.1 Å². The van der Waals surface area contributed by atoms with E-state index < -0.39 is 18.2 Å². The average molecular weight is 376 g/mol. The molecule has 0 radical (unpaired) electrons. The molecule has 1 saturated carbocycles. The zero-order chi connectivity index (χ0) is 20.1. The van der Waals surface area contributed by atoms with Crippen molar-refractivity contribution in [3.8, 4) is 0 Å². The number of hydrogen-bond donors (Lipinski definition) is 3. The molecular weight excluding hydrogens is 344 g/mol. The van der Waals surface area contributed by atoms with Crippen LogP contribution in [0.4, 0.5) is 0 Å². The minimum absolute atomic E-state index is 0.0548. The van der Waals surface area contributed by atoms with E-state index in [1.165, 1.54) is 0 Å². The first-order valence-corrected chi connectivity index (χ1v) is 9.69. The number of carbonyl (C=O) groups is 2. The van der Waals surface area contributed by atoms with Crippen molar-refractivity contribution < 1.29 is 24.9 Å². The van der Waals surface area contributed by atoms with Crippen LogP contribution < -0.4 is 0 Å². The highest BCUT2D eigenvalue weighted by molar-refractivity contribution is 5.84. The minimum atomic E-state index is -0.806. The van der Waals surface area contributed by atoms with Gasteiger partial charge in [0.2, 0.25) is 0 Å². The number of ketones is 1. The number of aliphatic carboxylic acids is 1. The second-order valence-corrected chi connectivity index (χ2v) is 6.84. The number of allylic oxidation sites excluding steroid dienone is 5. The SMILES string of the molecule is CC/C=C\C[C@@H](O)/C=C/[C@H]1[C@H](C/C=C\C/C=C\CCC(=O)O)C(=O)C[C@@H]1O. The van der Waals surface area contributed by atoms with Gasteiger partial charge in [-0.05, 0) is 32.1 Å². The normalized spacial score (nSPS) is 24.9. The number of carboxylic acid groups (broad SMARTS) is 1. The van der Waals surface area contributed by atoms with Gasteiger partial charge in [-0.1, -0.05) is 55.5 Å². The van der Waals surface area contributed by atoms with Crippen LogP contribution in [0.2, 0.25) is 0 Å². The van der Waals surface area contributed by atoms with Crippen LogP contribution in [-0.2, 0) is 9.59 Å². The molecule has 4 atom stereocenters. The number of Topliss-reactive ketones (excluding diaryl/α,β-unsaturated/α-hetero) is 1. The van der Waals surface area contributed by atoms with Crippen LogP contribution >= 0.6 is 0 Å². The highest BCUT2D eigenvalue weighted by Crippen LogP contribution is 2.33. The van der Waals surface area contributed by atoms with Gasteiger partial charge in [0.05, 0.1) is 12.2 Å². The summed E-state index contributed by atoms with van der Waals surface area (Å²) >= 11 is 0. The Kier molecular flexibility index (Phi) is 11.3. The van der Waals surface area contributed by atoms with E-state index in [2.05, 4.69) is 0 Å². The summed E-state index contributed by atoms with van der Waals surface area (Å²) in [5.74, 6) is -1.28. The van der Waals surface area contributed by atoms with Crippen LogP contribution in [0.15, 0.2) is 48.6 Å². The molecule has 27 heavy (non-hydrogen) atoms. The molecule has 0 aromatic rings. The van der Waals surface area contributed by atoms with Gasteiger partial charge in [-0.25, -0.2) is 0 Å². The Balaban J connectivity index is 2.48. The lowest BCUT2D eigenvalue weighted by atomic mass is 9.90. The first-order valence-electron chi connectivity index (χ1n) is 9.69. The molecule has 1 aliphatic rings. The fraction of sp³-hybridized carbons (Fsp3) is 0.545. The molecule has 0 aliphatic heterocycles. The van der Waals surface area contributed by atoms with Gasteiger partial charge in [-0.3, -0.25) is 9.59 Å². The third kappa shape index (κ3) is 9.50. The second-order valence-electron chi connectivity index (χ2n) is 6.84. The van der Waals surface area contributed by atoms with Crippen molar-refractivity contribution >= 4 is 11.8 Å². The van der Waals surface area contributed by atoms with E-state index in [1.54, 1.807) is 12.2 Å². The number of hydrogen-bond acceptors (Lipinski definition) is 4. The quantitative estimate of drug-likeness (QED) is 0.453. The summed E-state index contributed by atoms with van der Waals surface area (Å²) < 4.78 is 0. The molecule has 1 rings (SSSR count).